The molecule has 0 aliphatic rings. The van der Waals surface area contributed by atoms with Gasteiger partial charge in [-0.05, 0) is 46.7 Å². The quantitative estimate of drug-likeness (QED) is 0.492. The molecule has 0 spiro atoms. The number of rotatable bonds is 5. The van der Waals surface area contributed by atoms with Crippen LogP contribution in [0.2, 0.25) is 0 Å². The molecule has 5 nitrogen and oxygen atoms in total. The van der Waals surface area contributed by atoms with Crippen molar-refractivity contribution in [2.24, 2.45) is 0 Å². The Hall–Kier alpha value is -3.25. The number of hydrogen-bond donors (Lipinski definition) is 0. The minimum Gasteiger partial charge on any atom is -0.422 e. The first-order chi connectivity index (χ1) is 13.2. The Bertz CT molecular complexity index is 1120. The molecule has 0 saturated carbocycles. The van der Waals surface area contributed by atoms with Crippen molar-refractivity contribution in [3.8, 4) is 0 Å². The van der Waals surface area contributed by atoms with Crippen molar-refractivity contribution in [2.45, 2.75) is 13.1 Å². The Balaban J connectivity index is 1.71. The molecule has 134 valence electrons. The fraction of sp³-hybridized carbons (Fsp3) is 0.0952. The second-order valence-corrected chi connectivity index (χ2v) is 6.88. The van der Waals surface area contributed by atoms with E-state index < -0.39 is 5.63 Å². The van der Waals surface area contributed by atoms with Crippen LogP contribution in [0.1, 0.15) is 21.6 Å². The number of para-hydroxylation sites is 1. The molecule has 27 heavy (non-hydrogen) atoms. The van der Waals surface area contributed by atoms with Gasteiger partial charge in [0.2, 0.25) is 0 Å². The number of fused-ring (bicyclic) bond motifs is 1. The molecular formula is C21H16N2O3S. The zero-order chi connectivity index (χ0) is 18.6. The van der Waals surface area contributed by atoms with Gasteiger partial charge < -0.3 is 9.32 Å². The van der Waals surface area contributed by atoms with E-state index in [1.807, 2.05) is 47.2 Å². The molecule has 6 heteroatoms. The van der Waals surface area contributed by atoms with E-state index in [4.69, 9.17) is 4.42 Å². The van der Waals surface area contributed by atoms with Gasteiger partial charge >= 0.3 is 5.63 Å². The third kappa shape index (κ3) is 3.80. The van der Waals surface area contributed by atoms with E-state index in [0.717, 1.165) is 11.3 Å². The Morgan fingerprint density at radius 3 is 2.70 bits per heavy atom. The van der Waals surface area contributed by atoms with Gasteiger partial charge in [0, 0.05) is 18.1 Å². The maximum atomic E-state index is 13.2. The van der Waals surface area contributed by atoms with Crippen molar-refractivity contribution in [3.05, 3.63) is 98.8 Å². The van der Waals surface area contributed by atoms with Crippen molar-refractivity contribution >= 4 is 28.2 Å². The molecule has 0 fully saturated rings. The average Bonchev–Trinajstić information content (AvgIpc) is 3.20. The molecular weight excluding hydrogens is 360 g/mol. The van der Waals surface area contributed by atoms with E-state index in [2.05, 4.69) is 4.98 Å². The summed E-state index contributed by atoms with van der Waals surface area (Å²) >= 11 is 1.57. The van der Waals surface area contributed by atoms with E-state index in [0.29, 0.717) is 24.1 Å². The molecule has 0 saturated heterocycles. The number of pyridine rings is 1. The van der Waals surface area contributed by atoms with Crippen molar-refractivity contribution in [1.29, 1.82) is 0 Å². The van der Waals surface area contributed by atoms with Gasteiger partial charge in [-0.1, -0.05) is 24.3 Å². The number of nitrogens with zero attached hydrogens (tertiary/aromatic N) is 2. The number of benzene rings is 1. The lowest BCUT2D eigenvalue weighted by molar-refractivity contribution is 0.0724. The van der Waals surface area contributed by atoms with Gasteiger partial charge in [-0.2, -0.15) is 11.3 Å². The number of carbonyl (C=O) groups is 1. The predicted molar refractivity (Wildman–Crippen MR) is 105 cm³/mol. The summed E-state index contributed by atoms with van der Waals surface area (Å²) in [5.74, 6) is -0.369. The summed E-state index contributed by atoms with van der Waals surface area (Å²) in [6.45, 7) is 0.701. The molecule has 1 aromatic carbocycles. The number of aromatic nitrogens is 1. The molecule has 3 aromatic heterocycles. The van der Waals surface area contributed by atoms with Gasteiger partial charge in [-0.15, -0.1) is 0 Å². The summed E-state index contributed by atoms with van der Waals surface area (Å²) in [5.41, 5.74) is 1.63. The molecule has 0 bridgehead atoms. The summed E-state index contributed by atoms with van der Waals surface area (Å²) in [7, 11) is 0. The standard InChI is InChI=1S/C21H16N2O3S/c24-20(18-11-16-5-1-2-7-19(16)26-21(18)25)23(12-15-8-10-27-14-15)13-17-6-3-4-9-22-17/h1-11,14H,12-13H2. The van der Waals surface area contributed by atoms with Crippen LogP contribution in [-0.4, -0.2) is 15.8 Å². The Kier molecular flexibility index (Phi) is 4.80. The minimum absolute atomic E-state index is 0.0276. The van der Waals surface area contributed by atoms with E-state index >= 15 is 0 Å². The van der Waals surface area contributed by atoms with Crippen LogP contribution in [0.3, 0.4) is 0 Å². The molecule has 0 atom stereocenters. The van der Waals surface area contributed by atoms with Gasteiger partial charge in [-0.25, -0.2) is 4.79 Å². The summed E-state index contributed by atoms with van der Waals surface area (Å²) in [5, 5.41) is 4.67. The van der Waals surface area contributed by atoms with Crippen molar-refractivity contribution in [3.63, 3.8) is 0 Å². The zero-order valence-electron chi connectivity index (χ0n) is 14.4. The summed E-state index contributed by atoms with van der Waals surface area (Å²) in [4.78, 5) is 31.5. The van der Waals surface area contributed by atoms with Crippen LogP contribution in [0.25, 0.3) is 11.0 Å². The molecule has 3 heterocycles. The van der Waals surface area contributed by atoms with E-state index in [-0.39, 0.29) is 11.5 Å². The normalized spacial score (nSPS) is 10.8. The smallest absolute Gasteiger partial charge is 0.349 e. The van der Waals surface area contributed by atoms with Crippen LogP contribution in [0.4, 0.5) is 0 Å². The van der Waals surface area contributed by atoms with Crippen LogP contribution in [-0.2, 0) is 13.1 Å². The van der Waals surface area contributed by atoms with E-state index in [9.17, 15) is 9.59 Å². The van der Waals surface area contributed by atoms with Crippen LogP contribution >= 0.6 is 11.3 Å². The fourth-order valence-corrected chi connectivity index (χ4v) is 3.53. The first-order valence-corrected chi connectivity index (χ1v) is 9.38. The van der Waals surface area contributed by atoms with Crippen LogP contribution in [0.5, 0.6) is 0 Å². The monoisotopic (exact) mass is 376 g/mol. The highest BCUT2D eigenvalue weighted by Gasteiger charge is 2.22. The number of carbonyl (C=O) groups excluding carboxylic acids is 1. The predicted octanol–water partition coefficient (Wildman–Crippen LogP) is 4.09. The maximum Gasteiger partial charge on any atom is 0.349 e. The largest absolute Gasteiger partial charge is 0.422 e. The molecule has 0 aliphatic carbocycles. The second-order valence-electron chi connectivity index (χ2n) is 6.10. The summed E-state index contributed by atoms with van der Waals surface area (Å²) in [6.07, 6.45) is 1.69. The Labute approximate surface area is 159 Å². The highest BCUT2D eigenvalue weighted by molar-refractivity contribution is 7.07. The molecule has 4 aromatic rings. The first-order valence-electron chi connectivity index (χ1n) is 8.44. The molecule has 1 amide bonds. The third-order valence-electron chi connectivity index (χ3n) is 4.19. The molecule has 4 rings (SSSR count). The van der Waals surface area contributed by atoms with E-state index in [1.54, 1.807) is 40.6 Å². The van der Waals surface area contributed by atoms with Gasteiger partial charge in [0.25, 0.3) is 5.91 Å². The Morgan fingerprint density at radius 1 is 1.07 bits per heavy atom. The number of amides is 1. The SMILES string of the molecule is O=C(c1cc2ccccc2oc1=O)N(Cc1ccsc1)Cc1ccccn1. The summed E-state index contributed by atoms with van der Waals surface area (Å²) in [6, 6.07) is 16.3. The lowest BCUT2D eigenvalue weighted by atomic mass is 10.1. The van der Waals surface area contributed by atoms with Crippen molar-refractivity contribution < 1.29 is 9.21 Å². The van der Waals surface area contributed by atoms with Crippen LogP contribution < -0.4 is 5.63 Å². The van der Waals surface area contributed by atoms with Gasteiger partial charge in [-0.3, -0.25) is 9.78 Å². The van der Waals surface area contributed by atoms with E-state index in [1.165, 1.54) is 0 Å². The summed E-state index contributed by atoms with van der Waals surface area (Å²) < 4.78 is 5.33. The zero-order valence-corrected chi connectivity index (χ0v) is 15.2. The lowest BCUT2D eigenvalue weighted by Crippen LogP contribution is -2.33. The maximum absolute atomic E-state index is 13.2. The Morgan fingerprint density at radius 2 is 1.93 bits per heavy atom. The van der Waals surface area contributed by atoms with Gasteiger partial charge in [0.05, 0.1) is 12.2 Å². The van der Waals surface area contributed by atoms with Gasteiger partial charge in [0.1, 0.15) is 11.1 Å². The van der Waals surface area contributed by atoms with Crippen molar-refractivity contribution in [1.82, 2.24) is 9.88 Å². The fourth-order valence-electron chi connectivity index (χ4n) is 2.87. The highest BCUT2D eigenvalue weighted by atomic mass is 32.1. The lowest BCUT2D eigenvalue weighted by Gasteiger charge is -2.21. The number of thiophene rings is 1. The second kappa shape index (κ2) is 7.55. The highest BCUT2D eigenvalue weighted by Crippen LogP contribution is 2.17. The molecule has 0 N–H and O–H groups in total. The minimum atomic E-state index is -0.630. The average molecular weight is 376 g/mol. The van der Waals surface area contributed by atoms with Crippen LogP contribution in [0, 0.1) is 0 Å². The molecule has 0 unspecified atom stereocenters. The molecule has 0 aliphatic heterocycles. The third-order valence-corrected chi connectivity index (χ3v) is 4.92. The first kappa shape index (κ1) is 17.2. The molecule has 0 radical (unpaired) electrons. The topological polar surface area (TPSA) is 63.4 Å². The van der Waals surface area contributed by atoms with Crippen LogP contribution in [0.15, 0.2) is 80.8 Å². The number of hydrogen-bond acceptors (Lipinski definition) is 5. The van der Waals surface area contributed by atoms with Crippen molar-refractivity contribution in [2.75, 3.05) is 0 Å². The van der Waals surface area contributed by atoms with Gasteiger partial charge in [0.15, 0.2) is 0 Å².